The zero-order valence-corrected chi connectivity index (χ0v) is 7.88. The molecule has 1 fully saturated rings. The summed E-state index contributed by atoms with van der Waals surface area (Å²) >= 11 is 0. The van der Waals surface area contributed by atoms with E-state index in [9.17, 15) is 9.59 Å². The number of nitrogens with zero attached hydrogens (tertiary/aromatic N) is 1. The van der Waals surface area contributed by atoms with Crippen molar-refractivity contribution in [1.82, 2.24) is 10.6 Å². The molecule has 0 aliphatic carbocycles. The molecule has 0 spiro atoms. The smallest absolute Gasteiger partial charge is 0.243 e. The van der Waals surface area contributed by atoms with E-state index in [1.165, 1.54) is 0 Å². The van der Waals surface area contributed by atoms with Crippen molar-refractivity contribution >= 4 is 11.8 Å². The monoisotopic (exact) mass is 195 g/mol. The van der Waals surface area contributed by atoms with Crippen LogP contribution in [0.5, 0.6) is 0 Å². The second-order valence-corrected chi connectivity index (χ2v) is 3.22. The van der Waals surface area contributed by atoms with Gasteiger partial charge in [0.2, 0.25) is 11.8 Å². The lowest BCUT2D eigenvalue weighted by atomic mass is 10.1. The van der Waals surface area contributed by atoms with Crippen molar-refractivity contribution in [1.29, 1.82) is 5.26 Å². The van der Waals surface area contributed by atoms with Gasteiger partial charge in [0.25, 0.3) is 0 Å². The van der Waals surface area contributed by atoms with Crippen molar-refractivity contribution in [3.8, 4) is 6.07 Å². The number of nitriles is 1. The van der Waals surface area contributed by atoms with Gasteiger partial charge in [0.05, 0.1) is 12.1 Å². The van der Waals surface area contributed by atoms with E-state index in [0.717, 1.165) is 6.42 Å². The lowest BCUT2D eigenvalue weighted by Crippen LogP contribution is -2.50. The highest BCUT2D eigenvalue weighted by Crippen LogP contribution is 2.03. The summed E-state index contributed by atoms with van der Waals surface area (Å²) < 4.78 is 0. The Hall–Kier alpha value is -1.41. The minimum Gasteiger partial charge on any atom is -0.306 e. The number of unbranched alkanes of at least 4 members (excludes halogenated alkanes) is 1. The van der Waals surface area contributed by atoms with Gasteiger partial charge in [-0.15, -0.1) is 0 Å². The Labute approximate surface area is 82.5 Å². The number of amides is 2. The van der Waals surface area contributed by atoms with Crippen LogP contribution in [0, 0.1) is 11.3 Å². The summed E-state index contributed by atoms with van der Waals surface area (Å²) in [6.07, 6.45) is 2.16. The van der Waals surface area contributed by atoms with Gasteiger partial charge < -0.3 is 5.32 Å². The largest absolute Gasteiger partial charge is 0.306 e. The third-order valence-electron chi connectivity index (χ3n) is 2.10. The minimum atomic E-state index is -0.272. The summed E-state index contributed by atoms with van der Waals surface area (Å²) in [6.45, 7) is 0.639. The molecule has 1 heterocycles. The number of nitrogens with one attached hydrogen (secondary N) is 2. The highest BCUT2D eigenvalue weighted by Gasteiger charge is 2.25. The molecule has 0 saturated carbocycles. The Kier molecular flexibility index (Phi) is 4.08. The maximum Gasteiger partial charge on any atom is 0.243 e. The van der Waals surface area contributed by atoms with Gasteiger partial charge >= 0.3 is 0 Å². The molecule has 1 rings (SSSR count). The van der Waals surface area contributed by atoms with Crippen LogP contribution in [-0.4, -0.2) is 24.4 Å². The average molecular weight is 195 g/mol. The van der Waals surface area contributed by atoms with Gasteiger partial charge in [0.15, 0.2) is 0 Å². The fourth-order valence-electron chi connectivity index (χ4n) is 1.33. The fraction of sp³-hybridized carbons (Fsp3) is 0.667. The molecule has 1 saturated heterocycles. The van der Waals surface area contributed by atoms with Crippen molar-refractivity contribution in [2.24, 2.45) is 0 Å². The highest BCUT2D eigenvalue weighted by atomic mass is 16.2. The van der Waals surface area contributed by atoms with Crippen LogP contribution in [0.4, 0.5) is 0 Å². The van der Waals surface area contributed by atoms with E-state index >= 15 is 0 Å². The SMILES string of the molecule is N#CCCCNC1CCC(=O)NC1=O. The highest BCUT2D eigenvalue weighted by molar-refractivity contribution is 6.00. The first-order chi connectivity index (χ1) is 6.74. The van der Waals surface area contributed by atoms with E-state index in [0.29, 0.717) is 25.8 Å². The first-order valence-corrected chi connectivity index (χ1v) is 4.68. The number of carbonyl (C=O) groups excluding carboxylic acids is 2. The summed E-state index contributed by atoms with van der Waals surface area (Å²) in [5, 5.41) is 13.6. The van der Waals surface area contributed by atoms with Crippen LogP contribution in [0.2, 0.25) is 0 Å². The first kappa shape index (κ1) is 10.7. The Morgan fingerprint density at radius 1 is 1.57 bits per heavy atom. The molecule has 2 amide bonds. The zero-order valence-electron chi connectivity index (χ0n) is 7.88. The number of rotatable bonds is 4. The summed E-state index contributed by atoms with van der Waals surface area (Å²) in [7, 11) is 0. The zero-order chi connectivity index (χ0) is 10.4. The molecule has 1 aliphatic heterocycles. The molecular weight excluding hydrogens is 182 g/mol. The molecule has 76 valence electrons. The normalized spacial score (nSPS) is 21.5. The Bertz CT molecular complexity index is 270. The predicted octanol–water partition coefficient (Wildman–Crippen LogP) is -0.315. The lowest BCUT2D eigenvalue weighted by Gasteiger charge is -2.21. The number of piperidine rings is 1. The molecule has 1 atom stereocenters. The van der Waals surface area contributed by atoms with E-state index in [2.05, 4.69) is 10.6 Å². The molecule has 5 heteroatoms. The van der Waals surface area contributed by atoms with Crippen molar-refractivity contribution in [2.75, 3.05) is 6.54 Å². The maximum absolute atomic E-state index is 11.2. The molecule has 0 bridgehead atoms. The average Bonchev–Trinajstić information content (AvgIpc) is 2.15. The predicted molar refractivity (Wildman–Crippen MR) is 49.0 cm³/mol. The summed E-state index contributed by atoms with van der Waals surface area (Å²) in [5.41, 5.74) is 0. The van der Waals surface area contributed by atoms with Crippen molar-refractivity contribution in [2.45, 2.75) is 31.7 Å². The first-order valence-electron chi connectivity index (χ1n) is 4.68. The third-order valence-corrected chi connectivity index (χ3v) is 2.10. The molecule has 0 aromatic heterocycles. The second-order valence-electron chi connectivity index (χ2n) is 3.22. The van der Waals surface area contributed by atoms with E-state index in [1.54, 1.807) is 0 Å². The third kappa shape index (κ3) is 3.15. The van der Waals surface area contributed by atoms with Gasteiger partial charge in [0, 0.05) is 12.8 Å². The van der Waals surface area contributed by atoms with Gasteiger partial charge in [0.1, 0.15) is 0 Å². The van der Waals surface area contributed by atoms with Gasteiger partial charge in [-0.3, -0.25) is 14.9 Å². The molecule has 2 N–H and O–H groups in total. The molecule has 1 aliphatic rings. The van der Waals surface area contributed by atoms with Crippen LogP contribution < -0.4 is 10.6 Å². The molecule has 0 aromatic carbocycles. The summed E-state index contributed by atoms with van der Waals surface area (Å²) in [6, 6.07) is 1.76. The lowest BCUT2D eigenvalue weighted by molar-refractivity contribution is -0.134. The molecular formula is C9H13N3O2. The number of hydrogen-bond acceptors (Lipinski definition) is 4. The molecule has 0 aromatic rings. The number of hydrogen-bond donors (Lipinski definition) is 2. The van der Waals surface area contributed by atoms with E-state index in [-0.39, 0.29) is 17.9 Å². The van der Waals surface area contributed by atoms with E-state index < -0.39 is 0 Å². The van der Waals surface area contributed by atoms with Crippen LogP contribution in [0.3, 0.4) is 0 Å². The Morgan fingerprint density at radius 3 is 3.00 bits per heavy atom. The number of carbonyl (C=O) groups is 2. The topological polar surface area (TPSA) is 82.0 Å². The quantitative estimate of drug-likeness (QED) is 0.476. The van der Waals surface area contributed by atoms with Crippen LogP contribution in [0.25, 0.3) is 0 Å². The Balaban J connectivity index is 2.21. The van der Waals surface area contributed by atoms with Crippen molar-refractivity contribution in [3.05, 3.63) is 0 Å². The second kappa shape index (κ2) is 5.35. The fourth-order valence-corrected chi connectivity index (χ4v) is 1.33. The molecule has 1 unspecified atom stereocenters. The van der Waals surface area contributed by atoms with Crippen LogP contribution in [0.15, 0.2) is 0 Å². The molecule has 14 heavy (non-hydrogen) atoms. The van der Waals surface area contributed by atoms with Crippen LogP contribution in [0.1, 0.15) is 25.7 Å². The summed E-state index contributed by atoms with van der Waals surface area (Å²) in [4.78, 5) is 22.0. The standard InChI is InChI=1S/C9H13N3O2/c10-5-1-2-6-11-7-3-4-8(13)12-9(7)14/h7,11H,1-4,6H2,(H,12,13,14). The van der Waals surface area contributed by atoms with Crippen molar-refractivity contribution < 1.29 is 9.59 Å². The van der Waals surface area contributed by atoms with Crippen LogP contribution >= 0.6 is 0 Å². The van der Waals surface area contributed by atoms with E-state index in [1.807, 2.05) is 6.07 Å². The van der Waals surface area contributed by atoms with Crippen molar-refractivity contribution in [3.63, 3.8) is 0 Å². The Morgan fingerprint density at radius 2 is 2.36 bits per heavy atom. The molecule has 0 radical (unpaired) electrons. The van der Waals surface area contributed by atoms with Gasteiger partial charge in [-0.2, -0.15) is 5.26 Å². The van der Waals surface area contributed by atoms with Crippen LogP contribution in [-0.2, 0) is 9.59 Å². The maximum atomic E-state index is 11.2. The van der Waals surface area contributed by atoms with Gasteiger partial charge in [-0.1, -0.05) is 0 Å². The molecule has 5 nitrogen and oxygen atoms in total. The minimum absolute atomic E-state index is 0.204. The van der Waals surface area contributed by atoms with E-state index in [4.69, 9.17) is 5.26 Å². The van der Waals surface area contributed by atoms with Gasteiger partial charge in [-0.05, 0) is 19.4 Å². The van der Waals surface area contributed by atoms with Gasteiger partial charge in [-0.25, -0.2) is 0 Å². The summed E-state index contributed by atoms with van der Waals surface area (Å²) in [5.74, 6) is -0.455. The number of imide groups is 1.